The maximum atomic E-state index is 13.4. The number of aryl methyl sites for hydroxylation is 1. The largest absolute Gasteiger partial charge is 0.490 e. The first-order chi connectivity index (χ1) is 18.3. The SMILES string of the molecule is Cc1nn(-c2cc(Nc3c(C)c(-c4ccc(F)cc4)nn3CC3CC3)ncn2)c(C)c1N.O=C(O)C(F)(F)F. The minimum Gasteiger partial charge on any atom is -0.475 e. The van der Waals surface area contributed by atoms with Gasteiger partial charge in [0.15, 0.2) is 5.82 Å². The fraction of sp³-hybridized carbons (Fsp3) is 0.320. The molecule has 0 amide bonds. The number of alkyl halides is 3. The van der Waals surface area contributed by atoms with E-state index in [1.165, 1.54) is 31.3 Å². The molecule has 1 aliphatic rings. The molecule has 0 unspecified atom stereocenters. The number of carbonyl (C=O) groups is 1. The molecule has 1 saturated carbocycles. The molecule has 0 spiro atoms. The Hall–Kier alpha value is -4.49. The molecule has 0 aliphatic heterocycles. The Kier molecular flexibility index (Phi) is 7.56. The Balaban J connectivity index is 0.000000448. The lowest BCUT2D eigenvalue weighted by atomic mass is 10.1. The second-order valence-electron chi connectivity index (χ2n) is 9.14. The van der Waals surface area contributed by atoms with Crippen molar-refractivity contribution in [3.8, 4) is 17.1 Å². The zero-order valence-corrected chi connectivity index (χ0v) is 21.3. The maximum absolute atomic E-state index is 13.4. The highest BCUT2D eigenvalue weighted by molar-refractivity contribution is 5.73. The van der Waals surface area contributed by atoms with E-state index in [0.29, 0.717) is 23.2 Å². The van der Waals surface area contributed by atoms with Gasteiger partial charge >= 0.3 is 12.1 Å². The van der Waals surface area contributed by atoms with Gasteiger partial charge in [-0.2, -0.15) is 23.4 Å². The highest BCUT2D eigenvalue weighted by Gasteiger charge is 2.38. The van der Waals surface area contributed by atoms with Crippen molar-refractivity contribution < 1.29 is 27.5 Å². The number of aliphatic carboxylic acids is 1. The van der Waals surface area contributed by atoms with Gasteiger partial charge in [-0.25, -0.2) is 28.5 Å². The first-order valence-electron chi connectivity index (χ1n) is 11.9. The zero-order chi connectivity index (χ0) is 28.5. The smallest absolute Gasteiger partial charge is 0.475 e. The molecule has 1 aliphatic carbocycles. The van der Waals surface area contributed by atoms with Gasteiger partial charge in [-0.05, 0) is 63.8 Å². The van der Waals surface area contributed by atoms with E-state index in [9.17, 15) is 17.6 Å². The van der Waals surface area contributed by atoms with E-state index in [1.54, 1.807) is 16.8 Å². The summed E-state index contributed by atoms with van der Waals surface area (Å²) in [6.07, 6.45) is -1.16. The first kappa shape index (κ1) is 27.5. The normalized spacial score (nSPS) is 13.1. The lowest BCUT2D eigenvalue weighted by Gasteiger charge is -2.11. The first-order valence-corrected chi connectivity index (χ1v) is 11.9. The third kappa shape index (κ3) is 6.33. The van der Waals surface area contributed by atoms with Crippen molar-refractivity contribution >= 4 is 23.3 Å². The standard InChI is InChI=1S/C23H25FN8.C2HF3O2/c1-13-22(17-6-8-18(24)9-7-17)30-31(11-16-4-5-16)23(13)28-19-10-20(27-12-26-19)32-15(3)21(25)14(2)29-32;3-2(4,5)1(6)7/h6-10,12,16H,4-5,11,25H2,1-3H3,(H,26,27,28);(H,6,7). The number of nitrogens with one attached hydrogen (secondary N) is 1. The van der Waals surface area contributed by atoms with Gasteiger partial charge in [0.05, 0.1) is 22.8 Å². The molecule has 0 saturated heterocycles. The van der Waals surface area contributed by atoms with Gasteiger partial charge in [-0.1, -0.05) is 0 Å². The zero-order valence-electron chi connectivity index (χ0n) is 21.3. The minimum absolute atomic E-state index is 0.263. The third-order valence-electron chi connectivity index (χ3n) is 6.14. The van der Waals surface area contributed by atoms with Crippen LogP contribution in [0.4, 0.5) is 34.9 Å². The molecule has 0 atom stereocenters. The van der Waals surface area contributed by atoms with Crippen LogP contribution in [0, 0.1) is 32.5 Å². The molecule has 1 fully saturated rings. The van der Waals surface area contributed by atoms with E-state index < -0.39 is 12.1 Å². The van der Waals surface area contributed by atoms with Crippen molar-refractivity contribution in [3.05, 3.63) is 59.4 Å². The number of nitrogen functional groups attached to an aromatic ring is 1. The molecule has 3 aromatic heterocycles. The van der Waals surface area contributed by atoms with Gasteiger partial charge in [-0.15, -0.1) is 0 Å². The maximum Gasteiger partial charge on any atom is 0.490 e. The summed E-state index contributed by atoms with van der Waals surface area (Å²) in [5.74, 6) is -0.257. The van der Waals surface area contributed by atoms with Crippen LogP contribution in [-0.2, 0) is 11.3 Å². The summed E-state index contributed by atoms with van der Waals surface area (Å²) in [7, 11) is 0. The molecule has 0 bridgehead atoms. The Morgan fingerprint density at radius 2 is 1.77 bits per heavy atom. The van der Waals surface area contributed by atoms with Crippen molar-refractivity contribution in [1.29, 1.82) is 0 Å². The number of carboxylic acids is 1. The number of nitrogens with two attached hydrogens (primary N) is 1. The van der Waals surface area contributed by atoms with Crippen LogP contribution in [-0.4, -0.2) is 46.8 Å². The Labute approximate surface area is 220 Å². The Bertz CT molecular complexity index is 1490. The van der Waals surface area contributed by atoms with E-state index in [0.717, 1.165) is 40.6 Å². The van der Waals surface area contributed by atoms with Gasteiger partial charge in [-0.3, -0.25) is 0 Å². The number of halogens is 4. The molecule has 10 nitrogen and oxygen atoms in total. The predicted octanol–water partition coefficient (Wildman–Crippen LogP) is 4.96. The van der Waals surface area contributed by atoms with Crippen molar-refractivity contribution in [2.24, 2.45) is 5.92 Å². The highest BCUT2D eigenvalue weighted by Crippen LogP contribution is 2.35. The summed E-state index contributed by atoms with van der Waals surface area (Å²) in [6.45, 7) is 6.63. The van der Waals surface area contributed by atoms with Gasteiger partial charge in [0.2, 0.25) is 0 Å². The molecule has 14 heteroatoms. The Morgan fingerprint density at radius 1 is 1.13 bits per heavy atom. The number of aromatic nitrogens is 6. The monoisotopic (exact) mass is 546 g/mol. The number of nitrogens with zero attached hydrogens (tertiary/aromatic N) is 6. The van der Waals surface area contributed by atoms with Crippen LogP contribution < -0.4 is 11.1 Å². The summed E-state index contributed by atoms with van der Waals surface area (Å²) < 4.78 is 48.9. The number of anilines is 3. The molecule has 0 radical (unpaired) electrons. The fourth-order valence-electron chi connectivity index (χ4n) is 3.80. The average Bonchev–Trinajstić information content (AvgIpc) is 3.61. The lowest BCUT2D eigenvalue weighted by Crippen LogP contribution is -2.21. The lowest BCUT2D eigenvalue weighted by molar-refractivity contribution is -0.192. The van der Waals surface area contributed by atoms with E-state index in [4.69, 9.17) is 20.7 Å². The van der Waals surface area contributed by atoms with Crippen LogP contribution in [0.2, 0.25) is 0 Å². The molecule has 1 aromatic carbocycles. The van der Waals surface area contributed by atoms with Crippen molar-refractivity contribution in [2.45, 2.75) is 46.3 Å². The highest BCUT2D eigenvalue weighted by atomic mass is 19.4. The third-order valence-corrected chi connectivity index (χ3v) is 6.14. The average molecular weight is 547 g/mol. The molecule has 39 heavy (non-hydrogen) atoms. The van der Waals surface area contributed by atoms with E-state index in [2.05, 4.69) is 20.4 Å². The van der Waals surface area contributed by atoms with Crippen LogP contribution >= 0.6 is 0 Å². The second kappa shape index (κ2) is 10.7. The van der Waals surface area contributed by atoms with E-state index >= 15 is 0 Å². The molecule has 4 N–H and O–H groups in total. The summed E-state index contributed by atoms with van der Waals surface area (Å²) in [6, 6.07) is 8.26. The minimum atomic E-state index is -5.08. The van der Waals surface area contributed by atoms with E-state index in [1.807, 2.05) is 31.5 Å². The van der Waals surface area contributed by atoms with Crippen LogP contribution in [0.3, 0.4) is 0 Å². The van der Waals surface area contributed by atoms with E-state index in [-0.39, 0.29) is 5.82 Å². The van der Waals surface area contributed by atoms with Crippen LogP contribution in [0.15, 0.2) is 36.7 Å². The molecule has 5 rings (SSSR count). The topological polar surface area (TPSA) is 137 Å². The second-order valence-corrected chi connectivity index (χ2v) is 9.14. The molecular weight excluding hydrogens is 520 g/mol. The number of carboxylic acid groups (broad SMARTS) is 1. The van der Waals surface area contributed by atoms with Gasteiger partial charge in [0.25, 0.3) is 0 Å². The summed E-state index contributed by atoms with van der Waals surface area (Å²) in [4.78, 5) is 17.7. The quantitative estimate of drug-likeness (QED) is 0.289. The van der Waals surface area contributed by atoms with Gasteiger partial charge in [0, 0.05) is 23.7 Å². The van der Waals surface area contributed by atoms with Crippen LogP contribution in [0.5, 0.6) is 0 Å². The molecule has 206 valence electrons. The summed E-state index contributed by atoms with van der Waals surface area (Å²) >= 11 is 0. The van der Waals surface area contributed by atoms with Gasteiger partial charge in [0.1, 0.15) is 23.8 Å². The number of benzene rings is 1. The van der Waals surface area contributed by atoms with Crippen molar-refractivity contribution in [3.63, 3.8) is 0 Å². The summed E-state index contributed by atoms with van der Waals surface area (Å²) in [5.41, 5.74) is 11.0. The predicted molar refractivity (Wildman–Crippen MR) is 135 cm³/mol. The van der Waals surface area contributed by atoms with Crippen molar-refractivity contribution in [2.75, 3.05) is 11.1 Å². The number of hydrogen-bond acceptors (Lipinski definition) is 7. The van der Waals surface area contributed by atoms with Crippen LogP contribution in [0.25, 0.3) is 17.1 Å². The molecule has 3 heterocycles. The molecular formula is C25H26F4N8O2. The summed E-state index contributed by atoms with van der Waals surface area (Å²) in [5, 5.41) is 19.9. The van der Waals surface area contributed by atoms with Crippen LogP contribution in [0.1, 0.15) is 29.8 Å². The fourth-order valence-corrected chi connectivity index (χ4v) is 3.80. The Morgan fingerprint density at radius 3 is 2.31 bits per heavy atom. The number of hydrogen-bond donors (Lipinski definition) is 3. The number of rotatable bonds is 6. The van der Waals surface area contributed by atoms with Crippen molar-refractivity contribution in [1.82, 2.24) is 29.5 Å². The molecule has 4 aromatic rings. The van der Waals surface area contributed by atoms with Gasteiger partial charge < -0.3 is 16.2 Å².